The minimum absolute atomic E-state index is 0. The maximum atomic E-state index is 13.7. The second-order valence-corrected chi connectivity index (χ2v) is 14.4. The van der Waals surface area contributed by atoms with Crippen molar-refractivity contribution in [2.45, 2.75) is 84.3 Å². The Morgan fingerprint density at radius 2 is 1.76 bits per heavy atom. The van der Waals surface area contributed by atoms with Gasteiger partial charge in [-0.3, -0.25) is 19.2 Å². The standard InChI is InChI=1S/C36H47N5O6S.HI/c1-7-40-17-16-26-25(19-40)14-11-15-29(26)47-20-30(42)38-31(23(2)3)34(45)37-27(18-24-12-9-8-10-13-24)32(43)35(46)41-22-48-21-28(41)33(44)39-36(4,5)6;/h8-17,19,23,27-28,31-32,43H,7,18,20-22H2,1-6H3,(H2-,37,38,39,42,44,45);1H/t27-,28-,31-,32-;/m0./s1. The molecule has 1 saturated heterocycles. The third-order valence-corrected chi connectivity index (χ3v) is 9.07. The van der Waals surface area contributed by atoms with Crippen LogP contribution in [0.1, 0.15) is 47.1 Å². The van der Waals surface area contributed by atoms with Crippen LogP contribution in [0.2, 0.25) is 0 Å². The molecule has 1 aliphatic rings. The number of aryl methyl sites for hydroxylation is 1. The van der Waals surface area contributed by atoms with Crippen molar-refractivity contribution in [1.29, 1.82) is 0 Å². The van der Waals surface area contributed by atoms with Crippen molar-refractivity contribution >= 4 is 46.2 Å². The maximum Gasteiger partial charge on any atom is 0.258 e. The zero-order valence-electron chi connectivity index (χ0n) is 28.9. The highest BCUT2D eigenvalue weighted by Gasteiger charge is 2.41. The molecule has 1 fully saturated rings. The van der Waals surface area contributed by atoms with Crippen LogP contribution in [-0.2, 0) is 32.1 Å². The largest absolute Gasteiger partial charge is 1.00 e. The normalized spacial score (nSPS) is 16.3. The van der Waals surface area contributed by atoms with Crippen LogP contribution in [0.5, 0.6) is 5.75 Å². The Morgan fingerprint density at radius 1 is 1.04 bits per heavy atom. The van der Waals surface area contributed by atoms with Crippen molar-refractivity contribution in [3.63, 3.8) is 0 Å². The summed E-state index contributed by atoms with van der Waals surface area (Å²) in [6, 6.07) is 14.0. The van der Waals surface area contributed by atoms with Crippen molar-refractivity contribution < 1.29 is 57.6 Å². The number of halogens is 1. The fourth-order valence-corrected chi connectivity index (χ4v) is 6.68. The quantitative estimate of drug-likeness (QED) is 0.136. The molecule has 0 bridgehead atoms. The molecule has 266 valence electrons. The van der Waals surface area contributed by atoms with Gasteiger partial charge in [0.15, 0.2) is 25.1 Å². The summed E-state index contributed by atoms with van der Waals surface area (Å²) in [5, 5.41) is 21.8. The van der Waals surface area contributed by atoms with Crippen molar-refractivity contribution in [2.24, 2.45) is 5.92 Å². The molecule has 1 aliphatic heterocycles. The molecule has 0 aliphatic carbocycles. The van der Waals surface area contributed by atoms with Crippen LogP contribution in [0.4, 0.5) is 0 Å². The summed E-state index contributed by atoms with van der Waals surface area (Å²) in [4.78, 5) is 54.9. The Labute approximate surface area is 309 Å². The number of aromatic nitrogens is 1. The molecule has 4 rings (SSSR count). The van der Waals surface area contributed by atoms with Crippen molar-refractivity contribution in [3.05, 3.63) is 72.6 Å². The number of fused-ring (bicyclic) bond motifs is 1. The lowest BCUT2D eigenvalue weighted by Crippen LogP contribution is -3.00. The van der Waals surface area contributed by atoms with E-state index in [1.165, 1.54) is 16.7 Å². The molecule has 0 unspecified atom stereocenters. The van der Waals surface area contributed by atoms with E-state index in [9.17, 15) is 24.3 Å². The van der Waals surface area contributed by atoms with Gasteiger partial charge in [-0.2, -0.15) is 0 Å². The average molecular weight is 806 g/mol. The number of benzene rings is 2. The third kappa shape index (κ3) is 11.0. The molecule has 0 spiro atoms. The monoisotopic (exact) mass is 805 g/mol. The van der Waals surface area contributed by atoms with Crippen molar-refractivity contribution in [3.8, 4) is 5.75 Å². The summed E-state index contributed by atoms with van der Waals surface area (Å²) in [5.41, 5.74) is 0.306. The van der Waals surface area contributed by atoms with E-state index in [1.807, 2.05) is 86.3 Å². The highest BCUT2D eigenvalue weighted by atomic mass is 127. The zero-order chi connectivity index (χ0) is 35.0. The number of rotatable bonds is 13. The van der Waals surface area contributed by atoms with E-state index in [0.717, 1.165) is 22.9 Å². The second-order valence-electron chi connectivity index (χ2n) is 13.4. The number of ether oxygens (including phenoxy) is 1. The van der Waals surface area contributed by atoms with E-state index < -0.39 is 47.5 Å². The van der Waals surface area contributed by atoms with Crippen molar-refractivity contribution in [2.75, 3.05) is 18.2 Å². The van der Waals surface area contributed by atoms with Gasteiger partial charge in [-0.1, -0.05) is 50.2 Å². The van der Waals surface area contributed by atoms with E-state index in [-0.39, 0.29) is 54.7 Å². The van der Waals surface area contributed by atoms with Crippen LogP contribution in [0, 0.1) is 5.92 Å². The van der Waals surface area contributed by atoms with Crippen LogP contribution >= 0.6 is 11.8 Å². The molecule has 4 amide bonds. The van der Waals surface area contributed by atoms with Gasteiger partial charge in [0.05, 0.1) is 11.9 Å². The van der Waals surface area contributed by atoms with Gasteiger partial charge in [-0.15, -0.1) is 11.8 Å². The van der Waals surface area contributed by atoms with Gasteiger partial charge in [-0.25, -0.2) is 4.57 Å². The van der Waals surface area contributed by atoms with Gasteiger partial charge in [0, 0.05) is 28.1 Å². The summed E-state index contributed by atoms with van der Waals surface area (Å²) in [5.74, 6) is -1.10. The molecular weight excluding hydrogens is 757 g/mol. The number of hydrogen-bond acceptors (Lipinski definition) is 7. The molecule has 1 aromatic heterocycles. The molecule has 2 heterocycles. The van der Waals surface area contributed by atoms with Gasteiger partial charge in [-0.05, 0) is 57.7 Å². The number of nitrogens with one attached hydrogen (secondary N) is 3. The van der Waals surface area contributed by atoms with Crippen LogP contribution < -0.4 is 49.2 Å². The third-order valence-electron chi connectivity index (χ3n) is 8.05. The molecule has 11 nitrogen and oxygen atoms in total. The molecule has 49 heavy (non-hydrogen) atoms. The lowest BCUT2D eigenvalue weighted by atomic mass is 9.97. The molecule has 0 radical (unpaired) electrons. The lowest BCUT2D eigenvalue weighted by molar-refractivity contribution is -0.692. The van der Waals surface area contributed by atoms with Gasteiger partial charge >= 0.3 is 0 Å². The Morgan fingerprint density at radius 3 is 2.41 bits per heavy atom. The summed E-state index contributed by atoms with van der Waals surface area (Å²) < 4.78 is 7.93. The highest BCUT2D eigenvalue weighted by Crippen LogP contribution is 2.25. The topological polar surface area (TPSA) is 141 Å². The SMILES string of the molecule is CC[n+]1ccc2c(OCC(=O)N[C@H](C(=O)N[C@@H](Cc3ccccc3)[C@H](O)C(=O)N3CSC[C@H]3C(=O)NC(C)(C)C)C(C)C)cccc2c1.[I-]. The fourth-order valence-electron chi connectivity index (χ4n) is 5.51. The summed E-state index contributed by atoms with van der Waals surface area (Å²) in [6.07, 6.45) is 2.47. The number of carbonyl (C=O) groups excluding carboxylic acids is 4. The number of thioether (sulfide) groups is 1. The molecule has 4 N–H and O–H groups in total. The predicted octanol–water partition coefficient (Wildman–Crippen LogP) is -0.425. The predicted molar refractivity (Wildman–Crippen MR) is 186 cm³/mol. The minimum Gasteiger partial charge on any atom is -1.00 e. The first kappa shape index (κ1) is 40.0. The Kier molecular flexibility index (Phi) is 14.7. The highest BCUT2D eigenvalue weighted by molar-refractivity contribution is 7.99. The van der Waals surface area contributed by atoms with E-state index >= 15 is 0 Å². The number of carbonyl (C=O) groups is 4. The van der Waals surface area contributed by atoms with Gasteiger partial charge in [0.2, 0.25) is 11.8 Å². The lowest BCUT2D eigenvalue weighted by Gasteiger charge is -2.32. The van der Waals surface area contributed by atoms with Gasteiger partial charge in [0.25, 0.3) is 11.8 Å². The number of nitrogens with zero attached hydrogens (tertiary/aromatic N) is 2. The maximum absolute atomic E-state index is 13.7. The first-order valence-electron chi connectivity index (χ1n) is 16.3. The minimum atomic E-state index is -1.64. The van der Waals surface area contributed by atoms with Crippen molar-refractivity contribution in [1.82, 2.24) is 20.9 Å². The van der Waals surface area contributed by atoms with Crippen LogP contribution in [-0.4, -0.2) is 81.6 Å². The van der Waals surface area contributed by atoms with E-state index in [4.69, 9.17) is 4.74 Å². The first-order valence-corrected chi connectivity index (χ1v) is 17.5. The number of pyridine rings is 1. The van der Waals surface area contributed by atoms with Crippen LogP contribution in [0.25, 0.3) is 10.8 Å². The number of hydrogen-bond donors (Lipinski definition) is 4. The number of aliphatic hydroxyl groups excluding tert-OH is 1. The Bertz CT molecular complexity index is 1600. The summed E-state index contributed by atoms with van der Waals surface area (Å²) in [7, 11) is 0. The molecule has 2 aromatic carbocycles. The smallest absolute Gasteiger partial charge is 0.258 e. The fraction of sp³-hybridized carbons (Fsp3) is 0.472. The average Bonchev–Trinajstić information content (AvgIpc) is 3.55. The molecule has 13 heteroatoms. The Balaban J connectivity index is 0.00000650. The number of aliphatic hydroxyl groups is 1. The molecule has 3 aromatic rings. The molecule has 4 atom stereocenters. The van der Waals surface area contributed by atoms with E-state index in [0.29, 0.717) is 11.5 Å². The van der Waals surface area contributed by atoms with Crippen LogP contribution in [0.15, 0.2) is 67.0 Å². The van der Waals surface area contributed by atoms with Crippen LogP contribution in [0.3, 0.4) is 0 Å². The van der Waals surface area contributed by atoms with Gasteiger partial charge < -0.3 is 54.7 Å². The number of amides is 4. The van der Waals surface area contributed by atoms with E-state index in [1.54, 1.807) is 19.9 Å². The van der Waals surface area contributed by atoms with E-state index in [2.05, 4.69) is 22.9 Å². The van der Waals surface area contributed by atoms with Gasteiger partial charge in [0.1, 0.15) is 24.4 Å². The first-order chi connectivity index (χ1) is 22.8. The summed E-state index contributed by atoms with van der Waals surface area (Å²) in [6.45, 7) is 11.8. The molecule has 0 saturated carbocycles. The Hall–Kier alpha value is -3.43. The second kappa shape index (κ2) is 18.0. The molecular formula is C36H48IN5O6S. The zero-order valence-corrected chi connectivity index (χ0v) is 31.9. The summed E-state index contributed by atoms with van der Waals surface area (Å²) >= 11 is 1.43.